The van der Waals surface area contributed by atoms with Crippen LogP contribution in [0.15, 0.2) is 18.2 Å². The summed E-state index contributed by atoms with van der Waals surface area (Å²) in [6, 6.07) is 5.25. The van der Waals surface area contributed by atoms with Crippen molar-refractivity contribution in [1.29, 1.82) is 0 Å². The molecular weight excluding hydrogens is 251 g/mol. The van der Waals surface area contributed by atoms with Crippen LogP contribution in [0.3, 0.4) is 0 Å². The first-order chi connectivity index (χ1) is 6.95. The third-order valence-corrected chi connectivity index (χ3v) is 3.12. The second-order valence-electron chi connectivity index (χ2n) is 3.41. The predicted octanol–water partition coefficient (Wildman–Crippen LogP) is 2.88. The fourth-order valence-electron chi connectivity index (χ4n) is 1.42. The molecule has 0 aromatic heterocycles. The number of nitrogens with zero attached hydrogens (tertiary/aromatic N) is 1. The van der Waals surface area contributed by atoms with Crippen molar-refractivity contribution < 1.29 is 0 Å². The number of halogens is 2. The van der Waals surface area contributed by atoms with Gasteiger partial charge in [-0.25, -0.2) is 0 Å². The Morgan fingerprint density at radius 1 is 1.40 bits per heavy atom. The van der Waals surface area contributed by atoms with Crippen LogP contribution in [-0.2, 0) is 0 Å². The molecule has 1 aromatic rings. The lowest BCUT2D eigenvalue weighted by atomic mass is 10.1. The van der Waals surface area contributed by atoms with Gasteiger partial charge in [0.05, 0.1) is 21.1 Å². The van der Waals surface area contributed by atoms with Gasteiger partial charge in [0.15, 0.2) is 0 Å². The molecule has 2 N–H and O–H groups in total. The summed E-state index contributed by atoms with van der Waals surface area (Å²) in [5.41, 5.74) is 6.51. The van der Waals surface area contributed by atoms with Crippen LogP contribution >= 0.6 is 35.4 Å². The topological polar surface area (TPSA) is 29.3 Å². The van der Waals surface area contributed by atoms with Crippen molar-refractivity contribution in [2.24, 2.45) is 5.73 Å². The molecule has 1 atom stereocenters. The number of hydrogen-bond acceptors (Lipinski definition) is 2. The highest BCUT2D eigenvalue weighted by atomic mass is 35.5. The number of benzene rings is 1. The average Bonchev–Trinajstić information content (AvgIpc) is 2.11. The van der Waals surface area contributed by atoms with Gasteiger partial charge in [-0.1, -0.05) is 47.6 Å². The Labute approximate surface area is 105 Å². The maximum Gasteiger partial charge on any atom is 0.0948 e. The molecule has 0 spiro atoms. The lowest BCUT2D eigenvalue weighted by Gasteiger charge is -2.24. The number of rotatable bonds is 3. The van der Waals surface area contributed by atoms with Crippen LogP contribution in [0.2, 0.25) is 10.0 Å². The molecule has 1 rings (SSSR count). The van der Waals surface area contributed by atoms with Gasteiger partial charge < -0.3 is 5.73 Å². The quantitative estimate of drug-likeness (QED) is 0.850. The monoisotopic (exact) mass is 262 g/mol. The summed E-state index contributed by atoms with van der Waals surface area (Å²) in [6.07, 6.45) is 0. The van der Waals surface area contributed by atoms with E-state index in [1.165, 1.54) is 0 Å². The summed E-state index contributed by atoms with van der Waals surface area (Å²) in [7, 11) is 3.78. The van der Waals surface area contributed by atoms with Crippen molar-refractivity contribution in [2.45, 2.75) is 6.04 Å². The van der Waals surface area contributed by atoms with E-state index in [0.717, 1.165) is 5.56 Å². The molecular formula is C10H12Cl2N2S. The molecule has 15 heavy (non-hydrogen) atoms. The molecule has 5 heteroatoms. The maximum atomic E-state index is 6.10. The Morgan fingerprint density at radius 3 is 2.47 bits per heavy atom. The van der Waals surface area contributed by atoms with Crippen molar-refractivity contribution >= 4 is 40.4 Å². The summed E-state index contributed by atoms with van der Waals surface area (Å²) in [5, 5.41) is 1.02. The fourth-order valence-corrected chi connectivity index (χ4v) is 2.17. The lowest BCUT2D eigenvalue weighted by Crippen LogP contribution is -2.31. The zero-order valence-corrected chi connectivity index (χ0v) is 10.8. The Bertz CT molecular complexity index is 380. The number of likely N-dealkylation sites (N-methyl/N-ethyl adjacent to an activating group) is 1. The smallest absolute Gasteiger partial charge is 0.0948 e. The van der Waals surface area contributed by atoms with Crippen LogP contribution in [-0.4, -0.2) is 24.0 Å². The number of hydrogen-bond donors (Lipinski definition) is 1. The Balaban J connectivity index is 3.23. The normalized spacial score (nSPS) is 12.9. The summed E-state index contributed by atoms with van der Waals surface area (Å²) < 4.78 is 0. The second-order valence-corrected chi connectivity index (χ2v) is 4.67. The van der Waals surface area contributed by atoms with Crippen LogP contribution in [0.4, 0.5) is 0 Å². The second kappa shape index (κ2) is 5.12. The minimum absolute atomic E-state index is 0.189. The van der Waals surface area contributed by atoms with Gasteiger partial charge in [-0.2, -0.15) is 0 Å². The molecule has 2 nitrogen and oxygen atoms in total. The van der Waals surface area contributed by atoms with E-state index in [1.54, 1.807) is 6.07 Å². The molecule has 0 heterocycles. The van der Waals surface area contributed by atoms with E-state index in [1.807, 2.05) is 31.1 Å². The molecule has 0 aliphatic rings. The average molecular weight is 263 g/mol. The molecule has 0 bridgehead atoms. The van der Waals surface area contributed by atoms with Crippen LogP contribution in [0.1, 0.15) is 11.6 Å². The van der Waals surface area contributed by atoms with E-state index >= 15 is 0 Å². The van der Waals surface area contributed by atoms with Gasteiger partial charge in [0.1, 0.15) is 0 Å². The highest BCUT2D eigenvalue weighted by Gasteiger charge is 2.20. The first-order valence-electron chi connectivity index (χ1n) is 4.34. The van der Waals surface area contributed by atoms with Crippen LogP contribution in [0.25, 0.3) is 0 Å². The molecule has 82 valence electrons. The van der Waals surface area contributed by atoms with Crippen molar-refractivity contribution in [3.63, 3.8) is 0 Å². The third kappa shape index (κ3) is 2.82. The minimum Gasteiger partial charge on any atom is -0.392 e. The summed E-state index contributed by atoms with van der Waals surface area (Å²) in [5.74, 6) is 0. The minimum atomic E-state index is -0.189. The first-order valence-corrected chi connectivity index (χ1v) is 5.51. The van der Waals surface area contributed by atoms with Crippen molar-refractivity contribution in [2.75, 3.05) is 14.1 Å². The van der Waals surface area contributed by atoms with Gasteiger partial charge in [0.2, 0.25) is 0 Å². The van der Waals surface area contributed by atoms with Gasteiger partial charge in [0, 0.05) is 0 Å². The summed E-state index contributed by atoms with van der Waals surface area (Å²) >= 11 is 17.0. The zero-order valence-electron chi connectivity index (χ0n) is 8.50. The van der Waals surface area contributed by atoms with Crippen LogP contribution in [0, 0.1) is 0 Å². The van der Waals surface area contributed by atoms with Crippen LogP contribution in [0.5, 0.6) is 0 Å². The van der Waals surface area contributed by atoms with Crippen molar-refractivity contribution in [3.8, 4) is 0 Å². The van der Waals surface area contributed by atoms with E-state index in [2.05, 4.69) is 0 Å². The Kier molecular flexibility index (Phi) is 4.34. The van der Waals surface area contributed by atoms with E-state index in [0.29, 0.717) is 15.0 Å². The van der Waals surface area contributed by atoms with E-state index in [4.69, 9.17) is 41.2 Å². The summed E-state index contributed by atoms with van der Waals surface area (Å²) in [4.78, 5) is 2.28. The lowest BCUT2D eigenvalue weighted by molar-refractivity contribution is 0.371. The van der Waals surface area contributed by atoms with E-state index in [9.17, 15) is 0 Å². The highest BCUT2D eigenvalue weighted by Crippen LogP contribution is 2.31. The standard InChI is InChI=1S/C10H12Cl2N2S/c1-14(2)9(10(13)15)6-4-3-5-7(11)8(6)12/h3-5,9H,1-2H3,(H2,13,15). The Hall–Kier alpha value is -0.350. The summed E-state index contributed by atoms with van der Waals surface area (Å²) in [6.45, 7) is 0. The predicted molar refractivity (Wildman–Crippen MR) is 69.7 cm³/mol. The zero-order chi connectivity index (χ0) is 11.6. The molecule has 0 aliphatic carbocycles. The van der Waals surface area contributed by atoms with Gasteiger partial charge in [-0.05, 0) is 25.7 Å². The SMILES string of the molecule is CN(C)C(C(N)=S)c1cccc(Cl)c1Cl. The first kappa shape index (κ1) is 12.7. The Morgan fingerprint density at radius 2 is 2.00 bits per heavy atom. The van der Waals surface area contributed by atoms with Gasteiger partial charge in [-0.3, -0.25) is 4.90 Å². The molecule has 0 saturated heterocycles. The number of nitrogens with two attached hydrogens (primary N) is 1. The van der Waals surface area contributed by atoms with E-state index in [-0.39, 0.29) is 6.04 Å². The maximum absolute atomic E-state index is 6.10. The molecule has 1 aromatic carbocycles. The largest absolute Gasteiger partial charge is 0.392 e. The molecule has 1 unspecified atom stereocenters. The third-order valence-electron chi connectivity index (χ3n) is 2.06. The van der Waals surface area contributed by atoms with Crippen molar-refractivity contribution in [1.82, 2.24) is 4.90 Å². The van der Waals surface area contributed by atoms with Crippen molar-refractivity contribution in [3.05, 3.63) is 33.8 Å². The van der Waals surface area contributed by atoms with Gasteiger partial charge in [-0.15, -0.1) is 0 Å². The molecule has 0 aliphatic heterocycles. The highest BCUT2D eigenvalue weighted by molar-refractivity contribution is 7.80. The van der Waals surface area contributed by atoms with Gasteiger partial charge in [0.25, 0.3) is 0 Å². The molecule has 0 radical (unpaired) electrons. The molecule has 0 amide bonds. The number of thiocarbonyl (C=S) groups is 1. The molecule has 0 fully saturated rings. The van der Waals surface area contributed by atoms with Gasteiger partial charge >= 0.3 is 0 Å². The van der Waals surface area contributed by atoms with E-state index < -0.39 is 0 Å². The van der Waals surface area contributed by atoms with Crippen LogP contribution < -0.4 is 5.73 Å². The fraction of sp³-hybridized carbons (Fsp3) is 0.300. The molecule has 0 saturated carbocycles.